The lowest BCUT2D eigenvalue weighted by molar-refractivity contribution is -0.122. The van der Waals surface area contributed by atoms with Crippen LogP contribution in [-0.2, 0) is 21.2 Å². The molecule has 1 N–H and O–H groups in total. The Morgan fingerprint density at radius 1 is 0.714 bits per heavy atom. The minimum Gasteiger partial charge on any atom is -0.344 e. The lowest BCUT2D eigenvalue weighted by Gasteiger charge is -2.20. The predicted molar refractivity (Wildman–Crippen MR) is 137 cm³/mol. The first-order chi connectivity index (χ1) is 17.0. The van der Waals surface area contributed by atoms with Crippen LogP contribution in [0.4, 0.5) is 0 Å². The molecule has 0 aliphatic heterocycles. The molecule has 1 heterocycles. The molecule has 0 spiro atoms. The average Bonchev–Trinajstić information content (AvgIpc) is 3.28. The van der Waals surface area contributed by atoms with E-state index in [-0.39, 0.29) is 28.3 Å². The molecule has 0 unspecified atom stereocenters. The molecule has 4 aromatic carbocycles. The maximum Gasteiger partial charge on any atom is 0.240 e. The maximum absolute atomic E-state index is 13.4. The van der Waals surface area contributed by atoms with Gasteiger partial charge in [-0.25, -0.2) is 8.42 Å². The Balaban J connectivity index is 1.48. The molecule has 5 nitrogen and oxygen atoms in total. The number of carbonyl (C=O) groups excluding carboxylic acids is 1. The molecule has 0 saturated heterocycles. The van der Waals surface area contributed by atoms with Gasteiger partial charge in [-0.1, -0.05) is 97.1 Å². The molecule has 1 amide bonds. The number of benzene rings is 4. The average molecular weight is 481 g/mol. The van der Waals surface area contributed by atoms with Crippen LogP contribution in [0.2, 0.25) is 0 Å². The number of hydrogen-bond donors (Lipinski definition) is 1. The standard InChI is InChI=1S/C29H24N2O3S/c32-28(30-29(22-12-4-1-5-13-22)23-14-6-2-7-15-23)21-31-20-27(25-18-10-11-19-26(25)31)35(33,34)24-16-8-3-9-17-24/h1-20,29H,21H2,(H,30,32). The molecular weight excluding hydrogens is 456 g/mol. The van der Waals surface area contributed by atoms with Crippen LogP contribution >= 0.6 is 0 Å². The molecular formula is C29H24N2O3S. The van der Waals surface area contributed by atoms with Gasteiger partial charge < -0.3 is 9.88 Å². The summed E-state index contributed by atoms with van der Waals surface area (Å²) in [5, 5.41) is 3.72. The Morgan fingerprint density at radius 2 is 1.23 bits per heavy atom. The molecule has 0 bridgehead atoms. The summed E-state index contributed by atoms with van der Waals surface area (Å²) >= 11 is 0. The van der Waals surface area contributed by atoms with Crippen molar-refractivity contribution in [3.8, 4) is 0 Å². The van der Waals surface area contributed by atoms with Crippen molar-refractivity contribution in [2.24, 2.45) is 0 Å². The van der Waals surface area contributed by atoms with E-state index in [1.165, 1.54) is 0 Å². The SMILES string of the molecule is O=C(Cn1cc(S(=O)(=O)c2ccccc2)c2ccccc21)NC(c1ccccc1)c1ccccc1. The number of carbonyl (C=O) groups is 1. The Hall–Kier alpha value is -4.16. The highest BCUT2D eigenvalue weighted by molar-refractivity contribution is 7.91. The summed E-state index contributed by atoms with van der Waals surface area (Å²) in [7, 11) is -3.74. The number of rotatable bonds is 7. The smallest absolute Gasteiger partial charge is 0.240 e. The van der Waals surface area contributed by atoms with Crippen LogP contribution in [0.15, 0.2) is 131 Å². The van der Waals surface area contributed by atoms with Gasteiger partial charge >= 0.3 is 0 Å². The second-order valence-electron chi connectivity index (χ2n) is 8.28. The summed E-state index contributed by atoms with van der Waals surface area (Å²) in [4.78, 5) is 13.7. The second-order valence-corrected chi connectivity index (χ2v) is 10.2. The van der Waals surface area contributed by atoms with Crippen LogP contribution < -0.4 is 5.32 Å². The van der Waals surface area contributed by atoms with Crippen LogP contribution in [0, 0.1) is 0 Å². The van der Waals surface area contributed by atoms with Crippen LogP contribution in [0.25, 0.3) is 10.9 Å². The zero-order chi connectivity index (χ0) is 24.3. The Bertz CT molecular complexity index is 1520. The third-order valence-electron chi connectivity index (χ3n) is 5.98. The van der Waals surface area contributed by atoms with E-state index in [0.717, 1.165) is 11.1 Å². The Morgan fingerprint density at radius 3 is 1.83 bits per heavy atom. The van der Waals surface area contributed by atoms with Gasteiger partial charge in [0.05, 0.1) is 15.8 Å². The highest BCUT2D eigenvalue weighted by Crippen LogP contribution is 2.30. The van der Waals surface area contributed by atoms with Gasteiger partial charge in [-0.2, -0.15) is 0 Å². The summed E-state index contributed by atoms with van der Waals surface area (Å²) in [5.74, 6) is -0.216. The molecule has 0 aliphatic carbocycles. The molecule has 0 aliphatic rings. The largest absolute Gasteiger partial charge is 0.344 e. The van der Waals surface area contributed by atoms with E-state index in [1.54, 1.807) is 53.2 Å². The molecule has 0 fully saturated rings. The summed E-state index contributed by atoms with van der Waals surface area (Å²) in [6.45, 7) is -0.0129. The summed E-state index contributed by atoms with van der Waals surface area (Å²) in [6.07, 6.45) is 1.56. The Kier molecular flexibility index (Phi) is 6.21. The highest BCUT2D eigenvalue weighted by Gasteiger charge is 2.24. The molecule has 5 rings (SSSR count). The van der Waals surface area contributed by atoms with Crippen molar-refractivity contribution in [2.45, 2.75) is 22.4 Å². The molecule has 0 radical (unpaired) electrons. The normalized spacial score (nSPS) is 11.6. The number of sulfone groups is 1. The molecule has 174 valence electrons. The lowest BCUT2D eigenvalue weighted by Crippen LogP contribution is -2.32. The summed E-state index contributed by atoms with van der Waals surface area (Å²) in [5.41, 5.74) is 2.63. The first-order valence-electron chi connectivity index (χ1n) is 11.3. The van der Waals surface area contributed by atoms with Gasteiger partial charge in [0, 0.05) is 17.1 Å². The minimum absolute atomic E-state index is 0.0129. The van der Waals surface area contributed by atoms with Crippen molar-refractivity contribution in [3.63, 3.8) is 0 Å². The number of amides is 1. The minimum atomic E-state index is -3.74. The van der Waals surface area contributed by atoms with Gasteiger partial charge in [0.15, 0.2) is 0 Å². The van der Waals surface area contributed by atoms with Crippen molar-refractivity contribution in [1.29, 1.82) is 0 Å². The van der Waals surface area contributed by atoms with Crippen LogP contribution in [-0.4, -0.2) is 18.9 Å². The fraction of sp³-hybridized carbons (Fsp3) is 0.0690. The first kappa shape index (κ1) is 22.6. The molecule has 0 atom stereocenters. The van der Waals surface area contributed by atoms with Gasteiger partial charge in [0.1, 0.15) is 6.54 Å². The van der Waals surface area contributed by atoms with Gasteiger partial charge in [-0.05, 0) is 29.3 Å². The summed E-state index contributed by atoms with van der Waals surface area (Å²) in [6, 6.07) is 34.8. The third-order valence-corrected chi connectivity index (χ3v) is 7.78. The molecule has 35 heavy (non-hydrogen) atoms. The van der Waals surface area contributed by atoms with Crippen LogP contribution in [0.3, 0.4) is 0 Å². The number of nitrogens with zero attached hydrogens (tertiary/aromatic N) is 1. The third kappa shape index (κ3) is 4.61. The molecule has 5 aromatic rings. The van der Waals surface area contributed by atoms with Crippen LogP contribution in [0.1, 0.15) is 17.2 Å². The van der Waals surface area contributed by atoms with Crippen molar-refractivity contribution >= 4 is 26.6 Å². The maximum atomic E-state index is 13.4. The van der Waals surface area contributed by atoms with Crippen molar-refractivity contribution in [3.05, 3.63) is 133 Å². The van der Waals surface area contributed by atoms with E-state index in [4.69, 9.17) is 0 Å². The van der Waals surface area contributed by atoms with E-state index in [0.29, 0.717) is 10.9 Å². The fourth-order valence-corrected chi connectivity index (χ4v) is 5.79. The highest BCUT2D eigenvalue weighted by atomic mass is 32.2. The van der Waals surface area contributed by atoms with Crippen molar-refractivity contribution in [1.82, 2.24) is 9.88 Å². The van der Waals surface area contributed by atoms with Crippen molar-refractivity contribution < 1.29 is 13.2 Å². The first-order valence-corrected chi connectivity index (χ1v) is 12.8. The number of nitrogens with one attached hydrogen (secondary N) is 1. The summed E-state index contributed by atoms with van der Waals surface area (Å²) < 4.78 is 28.5. The van der Waals surface area contributed by atoms with Crippen molar-refractivity contribution in [2.75, 3.05) is 0 Å². The quantitative estimate of drug-likeness (QED) is 0.340. The Labute approximate surface area is 204 Å². The monoisotopic (exact) mass is 480 g/mol. The van der Waals surface area contributed by atoms with Crippen LogP contribution in [0.5, 0.6) is 0 Å². The van der Waals surface area contributed by atoms with E-state index >= 15 is 0 Å². The van der Waals surface area contributed by atoms with E-state index in [2.05, 4.69) is 5.32 Å². The molecule has 0 saturated carbocycles. The van der Waals surface area contributed by atoms with E-state index in [1.807, 2.05) is 72.8 Å². The second kappa shape index (κ2) is 9.60. The fourth-order valence-electron chi connectivity index (χ4n) is 4.30. The van der Waals surface area contributed by atoms with Gasteiger partial charge in [-0.3, -0.25) is 4.79 Å². The van der Waals surface area contributed by atoms with E-state index in [9.17, 15) is 13.2 Å². The number of hydrogen-bond acceptors (Lipinski definition) is 3. The predicted octanol–water partition coefficient (Wildman–Crippen LogP) is 5.38. The lowest BCUT2D eigenvalue weighted by atomic mass is 9.99. The number of fused-ring (bicyclic) bond motifs is 1. The molecule has 6 heteroatoms. The molecule has 1 aromatic heterocycles. The van der Waals surface area contributed by atoms with Gasteiger partial charge in [0.25, 0.3) is 0 Å². The number of aromatic nitrogens is 1. The van der Waals surface area contributed by atoms with E-state index < -0.39 is 9.84 Å². The van der Waals surface area contributed by atoms with Gasteiger partial charge in [-0.15, -0.1) is 0 Å². The zero-order valence-electron chi connectivity index (χ0n) is 18.9. The number of para-hydroxylation sites is 1. The van der Waals surface area contributed by atoms with Gasteiger partial charge in [0.2, 0.25) is 15.7 Å². The zero-order valence-corrected chi connectivity index (χ0v) is 19.7. The topological polar surface area (TPSA) is 68.2 Å².